The summed E-state index contributed by atoms with van der Waals surface area (Å²) in [5.74, 6) is -0.131. The maximum absolute atomic E-state index is 12.9. The minimum Gasteiger partial charge on any atom is -0.443 e. The van der Waals surface area contributed by atoms with Gasteiger partial charge in [0.05, 0.1) is 12.4 Å². The molecule has 1 atom stereocenters. The molecule has 0 bridgehead atoms. The number of likely N-dealkylation sites (N-methyl/N-ethyl adjacent to an activating group) is 1. The van der Waals surface area contributed by atoms with Gasteiger partial charge >= 0.3 is 0 Å². The molecule has 32 heavy (non-hydrogen) atoms. The minimum atomic E-state index is -0.378. The zero-order valence-corrected chi connectivity index (χ0v) is 18.1. The first-order chi connectivity index (χ1) is 15.5. The van der Waals surface area contributed by atoms with Crippen LogP contribution in [-0.4, -0.2) is 61.3 Å². The third kappa shape index (κ3) is 3.67. The monoisotopic (exact) mass is 452 g/mol. The smallest absolute Gasteiger partial charge is 0.273 e. The number of hydrogen-bond acceptors (Lipinski definition) is 8. The SMILES string of the molecule is CN1CCCC1CNC(=O)c1nc(-c2ccc3ncc(Cl)n3c2)c(-c2ncco2)nc1N. The van der Waals surface area contributed by atoms with Gasteiger partial charge in [-0.2, -0.15) is 0 Å². The molecular weight excluding hydrogens is 432 g/mol. The number of nitrogens with one attached hydrogen (secondary N) is 1. The van der Waals surface area contributed by atoms with Crippen LogP contribution in [0.3, 0.4) is 0 Å². The number of fused-ring (bicyclic) bond motifs is 1. The van der Waals surface area contributed by atoms with E-state index in [9.17, 15) is 4.79 Å². The molecule has 0 saturated carbocycles. The van der Waals surface area contributed by atoms with Crippen molar-refractivity contribution in [2.75, 3.05) is 25.9 Å². The van der Waals surface area contributed by atoms with Gasteiger partial charge in [0.15, 0.2) is 17.2 Å². The number of carbonyl (C=O) groups is 1. The molecule has 3 N–H and O–H groups in total. The first-order valence-corrected chi connectivity index (χ1v) is 10.6. The van der Waals surface area contributed by atoms with Crippen molar-refractivity contribution in [3.8, 4) is 22.8 Å². The van der Waals surface area contributed by atoms with Crippen molar-refractivity contribution in [3.05, 3.63) is 47.8 Å². The highest BCUT2D eigenvalue weighted by Crippen LogP contribution is 2.30. The summed E-state index contributed by atoms with van der Waals surface area (Å²) in [7, 11) is 2.05. The van der Waals surface area contributed by atoms with E-state index >= 15 is 0 Å². The summed E-state index contributed by atoms with van der Waals surface area (Å²) in [5, 5.41) is 3.39. The Balaban J connectivity index is 1.55. The van der Waals surface area contributed by atoms with Crippen molar-refractivity contribution in [1.29, 1.82) is 0 Å². The second kappa shape index (κ2) is 8.21. The van der Waals surface area contributed by atoms with E-state index in [1.807, 2.05) is 6.07 Å². The summed E-state index contributed by atoms with van der Waals surface area (Å²) in [6, 6.07) is 3.92. The van der Waals surface area contributed by atoms with Crippen molar-refractivity contribution >= 4 is 29.0 Å². The highest BCUT2D eigenvalue weighted by Gasteiger charge is 2.25. The molecule has 1 unspecified atom stereocenters. The lowest BCUT2D eigenvalue weighted by molar-refractivity contribution is 0.0939. The number of aromatic nitrogens is 5. The van der Waals surface area contributed by atoms with E-state index in [1.165, 1.54) is 12.5 Å². The minimum absolute atomic E-state index is 0.000896. The van der Waals surface area contributed by atoms with E-state index < -0.39 is 0 Å². The molecule has 11 heteroatoms. The van der Waals surface area contributed by atoms with Gasteiger partial charge < -0.3 is 20.4 Å². The average Bonchev–Trinajstić information content (AvgIpc) is 3.54. The molecule has 10 nitrogen and oxygen atoms in total. The van der Waals surface area contributed by atoms with E-state index in [4.69, 9.17) is 21.8 Å². The van der Waals surface area contributed by atoms with Crippen molar-refractivity contribution in [1.82, 2.24) is 34.6 Å². The number of anilines is 1. The second-order valence-electron chi connectivity index (χ2n) is 7.71. The number of nitrogens with two attached hydrogens (primary N) is 1. The number of halogens is 1. The first-order valence-electron chi connectivity index (χ1n) is 10.2. The van der Waals surface area contributed by atoms with Gasteiger partial charge in [0.25, 0.3) is 5.91 Å². The molecule has 5 rings (SSSR count). The summed E-state index contributed by atoms with van der Waals surface area (Å²) < 4.78 is 7.15. The molecule has 0 aliphatic carbocycles. The van der Waals surface area contributed by atoms with E-state index in [1.54, 1.807) is 22.9 Å². The van der Waals surface area contributed by atoms with Crippen molar-refractivity contribution < 1.29 is 9.21 Å². The van der Waals surface area contributed by atoms with Gasteiger partial charge in [0, 0.05) is 24.3 Å². The number of imidazole rings is 1. The van der Waals surface area contributed by atoms with Gasteiger partial charge in [0.1, 0.15) is 22.8 Å². The van der Waals surface area contributed by atoms with E-state index in [0.717, 1.165) is 19.4 Å². The quantitative estimate of drug-likeness (QED) is 0.472. The number of rotatable bonds is 5. The van der Waals surface area contributed by atoms with E-state index in [0.29, 0.717) is 40.3 Å². The van der Waals surface area contributed by atoms with Crippen LogP contribution < -0.4 is 11.1 Å². The maximum atomic E-state index is 12.9. The molecule has 164 valence electrons. The summed E-state index contributed by atoms with van der Waals surface area (Å²) >= 11 is 6.24. The number of pyridine rings is 1. The Morgan fingerprint density at radius 1 is 1.31 bits per heavy atom. The number of carbonyl (C=O) groups excluding carboxylic acids is 1. The van der Waals surface area contributed by atoms with Crippen molar-refractivity contribution in [3.63, 3.8) is 0 Å². The molecule has 1 aliphatic heterocycles. The summed E-state index contributed by atoms with van der Waals surface area (Å²) in [4.78, 5) is 32.6. The molecule has 1 aliphatic rings. The fourth-order valence-electron chi connectivity index (χ4n) is 3.93. The third-order valence-electron chi connectivity index (χ3n) is 5.68. The molecular formula is C21H21ClN8O2. The predicted molar refractivity (Wildman–Crippen MR) is 119 cm³/mol. The lowest BCUT2D eigenvalue weighted by Gasteiger charge is -2.19. The number of nitrogen functional groups attached to an aromatic ring is 1. The molecule has 5 heterocycles. The number of oxazole rings is 1. The van der Waals surface area contributed by atoms with Crippen LogP contribution in [0.5, 0.6) is 0 Å². The van der Waals surface area contributed by atoms with Crippen molar-refractivity contribution in [2.45, 2.75) is 18.9 Å². The van der Waals surface area contributed by atoms with E-state index in [-0.39, 0.29) is 23.3 Å². The fourth-order valence-corrected chi connectivity index (χ4v) is 4.11. The van der Waals surface area contributed by atoms with Gasteiger partial charge in [-0.25, -0.2) is 19.9 Å². The van der Waals surface area contributed by atoms with Crippen LogP contribution >= 0.6 is 11.6 Å². The Morgan fingerprint density at radius 2 is 2.19 bits per heavy atom. The van der Waals surface area contributed by atoms with Gasteiger partial charge in [-0.3, -0.25) is 9.20 Å². The van der Waals surface area contributed by atoms with Gasteiger partial charge in [-0.15, -0.1) is 0 Å². The van der Waals surface area contributed by atoms with Gasteiger partial charge in [-0.1, -0.05) is 11.6 Å². The van der Waals surface area contributed by atoms with Crippen LogP contribution in [0.25, 0.3) is 28.5 Å². The first kappa shape index (κ1) is 20.4. The Labute approximate surface area is 188 Å². The highest BCUT2D eigenvalue weighted by molar-refractivity contribution is 6.29. The third-order valence-corrected chi connectivity index (χ3v) is 5.96. The summed E-state index contributed by atoms with van der Waals surface area (Å²) in [5.41, 5.74) is 8.25. The fraction of sp³-hybridized carbons (Fsp3) is 0.286. The zero-order valence-electron chi connectivity index (χ0n) is 17.3. The zero-order chi connectivity index (χ0) is 22.2. The van der Waals surface area contributed by atoms with Crippen LogP contribution in [-0.2, 0) is 0 Å². The van der Waals surface area contributed by atoms with Gasteiger partial charge in [-0.05, 0) is 38.6 Å². The Morgan fingerprint density at radius 3 is 2.94 bits per heavy atom. The normalized spacial score (nSPS) is 16.6. The number of nitrogens with zero attached hydrogens (tertiary/aromatic N) is 6. The number of hydrogen-bond donors (Lipinski definition) is 2. The van der Waals surface area contributed by atoms with Crippen molar-refractivity contribution in [2.24, 2.45) is 0 Å². The molecule has 1 fully saturated rings. The van der Waals surface area contributed by atoms with Gasteiger partial charge in [0.2, 0.25) is 5.89 Å². The molecule has 0 aromatic carbocycles. The molecule has 4 aromatic heterocycles. The molecule has 1 amide bonds. The highest BCUT2D eigenvalue weighted by atomic mass is 35.5. The van der Waals surface area contributed by atoms with Crippen LogP contribution in [0.1, 0.15) is 23.3 Å². The lowest BCUT2D eigenvalue weighted by atomic mass is 10.1. The van der Waals surface area contributed by atoms with Crippen LogP contribution in [0.15, 0.2) is 41.4 Å². The maximum Gasteiger partial charge on any atom is 0.273 e. The standard InChI is InChI=1S/C21H21ClN8O2/c1-29-7-2-3-13(29)9-26-20(31)18-19(23)28-17(21-24-6-8-32-21)16(27-18)12-4-5-15-25-10-14(22)30(15)11-12/h4-6,8,10-11,13H,2-3,7,9H2,1H3,(H2,23,28)(H,26,31). The Hall–Kier alpha value is -3.50. The number of likely N-dealkylation sites (tertiary alicyclic amines) is 1. The van der Waals surface area contributed by atoms with Crippen LogP contribution in [0.2, 0.25) is 5.15 Å². The molecule has 1 saturated heterocycles. The second-order valence-corrected chi connectivity index (χ2v) is 8.09. The lowest BCUT2D eigenvalue weighted by Crippen LogP contribution is -2.38. The Kier molecular flexibility index (Phi) is 5.24. The molecule has 0 radical (unpaired) electrons. The van der Waals surface area contributed by atoms with Crippen LogP contribution in [0.4, 0.5) is 5.82 Å². The Bertz CT molecular complexity index is 1290. The topological polar surface area (TPSA) is 127 Å². The van der Waals surface area contributed by atoms with Crippen LogP contribution in [0, 0.1) is 0 Å². The predicted octanol–water partition coefficient (Wildman–Crippen LogP) is 2.51. The largest absolute Gasteiger partial charge is 0.443 e. The van der Waals surface area contributed by atoms with E-state index in [2.05, 4.69) is 37.2 Å². The molecule has 0 spiro atoms. The molecule has 4 aromatic rings. The number of amides is 1. The summed E-state index contributed by atoms with van der Waals surface area (Å²) in [6.07, 6.45) is 8.43. The average molecular weight is 453 g/mol. The summed E-state index contributed by atoms with van der Waals surface area (Å²) in [6.45, 7) is 1.54.